The second-order valence-corrected chi connectivity index (χ2v) is 37.0. The Kier molecular flexibility index (Phi) is 19.3. The van der Waals surface area contributed by atoms with Gasteiger partial charge < -0.3 is 36.1 Å². The lowest BCUT2D eigenvalue weighted by molar-refractivity contribution is 0.667. The first-order valence-electron chi connectivity index (χ1n) is 49.1. The van der Waals surface area contributed by atoms with Crippen LogP contribution in [-0.4, -0.2) is 52.7 Å². The Morgan fingerprint density at radius 3 is 0.829 bits per heavy atom. The van der Waals surface area contributed by atoms with Gasteiger partial charge in [0, 0.05) is 132 Å². The van der Waals surface area contributed by atoms with Crippen LogP contribution >= 0.6 is 0 Å². The van der Waals surface area contributed by atoms with Crippen LogP contribution in [0.5, 0.6) is 0 Å². The van der Waals surface area contributed by atoms with Crippen molar-refractivity contribution in [3.8, 4) is 107 Å². The summed E-state index contributed by atoms with van der Waals surface area (Å²) in [4.78, 5) is 31.2. The van der Waals surface area contributed by atoms with E-state index in [1.165, 1.54) is 81.5 Å². The van der Waals surface area contributed by atoms with Gasteiger partial charge in [-0.2, -0.15) is 0 Å². The third-order valence-corrected chi connectivity index (χ3v) is 28.7. The summed E-state index contributed by atoms with van der Waals surface area (Å²) in [6, 6.07) is 172. The number of nitrogens with zero attached hydrogens (tertiary/aromatic N) is 11. The van der Waals surface area contributed by atoms with E-state index in [0.717, 1.165) is 167 Å². The van der Waals surface area contributed by atoms with Crippen LogP contribution in [0, 0.1) is 0 Å². The minimum atomic E-state index is 0.651. The quantitative estimate of drug-likeness (QED) is 0.117. The standard InChI is InChI=1S/2C46H28N4O.C40H25N3O/c1-2-14-31(15-3-1)49-38-21-8-6-19-35(38)36-26-25-30(28-41(36)49)46-47-43(45-44(48-46)37-20-7-11-24-42(37)51-45)29-13-12-16-32(27-29)50-39-22-9-4-17-33(39)34-18-5-10-23-40(34)50;1-2-12-31(13-3-1)50-40-20-10-6-16-35(40)36-27-24-30(28-41(36)50)46-47-43(45-44(48-46)37-17-7-11-21-42(37)51-45)29-22-25-32(26-23-29)49-38-18-8-4-14-33(38)34-15-5-9-19-39(34)49;1-3-13-26(14-4-1)37-39-38(32-20-8-10-24-35(32)44-39)42-40(41-37)28-16-11-15-27(25-28)30-21-12-23-34-36(30)31-19-7-9-22-33(31)43(34)29-17-5-2-6-18-29/h2*1-28H;1-25H. The first-order valence-corrected chi connectivity index (χ1v) is 49.1. The molecule has 0 aliphatic heterocycles. The van der Waals surface area contributed by atoms with Crippen molar-refractivity contribution in [1.82, 2.24) is 52.7 Å². The summed E-state index contributed by atoms with van der Waals surface area (Å²) >= 11 is 0. The monoisotopic (exact) mass is 1870 g/mol. The molecule has 20 aromatic carbocycles. The van der Waals surface area contributed by atoms with Crippen molar-refractivity contribution in [3.05, 3.63) is 491 Å². The van der Waals surface area contributed by atoms with Gasteiger partial charge in [0.05, 0.1) is 55.2 Å². The van der Waals surface area contributed by atoms with Gasteiger partial charge in [0.25, 0.3) is 0 Å². The molecule has 0 saturated heterocycles. The summed E-state index contributed by atoms with van der Waals surface area (Å²) in [5.74, 6) is 1.98. The second-order valence-electron chi connectivity index (χ2n) is 37.0. The molecule has 14 heteroatoms. The molecular weight excluding hydrogens is 1790 g/mol. The molecule has 14 nitrogen and oxygen atoms in total. The zero-order valence-corrected chi connectivity index (χ0v) is 78.4. The summed E-state index contributed by atoms with van der Waals surface area (Å²) in [5, 5.41) is 15.1. The Balaban J connectivity index is 0.000000104. The van der Waals surface area contributed by atoms with Gasteiger partial charge in [-0.15, -0.1) is 0 Å². The maximum absolute atomic E-state index is 6.55. The topological polar surface area (TPSA) is 141 Å². The van der Waals surface area contributed by atoms with Crippen LogP contribution in [0.15, 0.2) is 505 Å². The molecule has 0 unspecified atom stereocenters. The van der Waals surface area contributed by atoms with Gasteiger partial charge >= 0.3 is 0 Å². The molecule has 0 aliphatic carbocycles. The highest BCUT2D eigenvalue weighted by atomic mass is 16.3. The highest BCUT2D eigenvalue weighted by Crippen LogP contribution is 2.47. The van der Waals surface area contributed by atoms with Crippen molar-refractivity contribution in [1.29, 1.82) is 0 Å². The lowest BCUT2D eigenvalue weighted by atomic mass is 9.97. The normalized spacial score (nSPS) is 11.8. The average molecular weight is 1870 g/mol. The van der Waals surface area contributed by atoms with Crippen molar-refractivity contribution >= 4 is 175 Å². The zero-order valence-electron chi connectivity index (χ0n) is 78.4. The summed E-state index contributed by atoms with van der Waals surface area (Å²) in [7, 11) is 0. The van der Waals surface area contributed by atoms with Crippen molar-refractivity contribution < 1.29 is 13.3 Å². The highest BCUT2D eigenvalue weighted by molar-refractivity contribution is 6.19. The molecule has 0 saturated carbocycles. The smallest absolute Gasteiger partial charge is 0.180 e. The molecule has 0 N–H and O–H groups in total. The predicted octanol–water partition coefficient (Wildman–Crippen LogP) is 34.3. The van der Waals surface area contributed by atoms with Gasteiger partial charge in [0.1, 0.15) is 50.4 Å². The van der Waals surface area contributed by atoms with Gasteiger partial charge in [-0.3, -0.25) is 0 Å². The SMILES string of the molecule is c1ccc(-c2nc(-c3cccc(-c4cccc5c4c4ccccc4n5-c4ccccc4)c3)nc3c2oc2ccccc23)cc1.c1ccc(-n2c3ccccc3c3ccc(-c4nc(-c5ccc(-n6c7ccccc7c7ccccc76)cc5)c5oc6ccccc6c5n4)cc32)cc1.c1ccc(-n2c3ccccc3c3ccc(-c4nc(-c5cccc(-n6c7ccccc7c7ccccc76)c5)c5oc6ccccc6c5n4)cc32)cc1. The number of rotatable bonds is 12. The van der Waals surface area contributed by atoms with Crippen LogP contribution in [-0.2, 0) is 0 Å². The van der Waals surface area contributed by atoms with Crippen LogP contribution in [0.25, 0.3) is 283 Å². The Bertz CT molecular complexity index is 10600. The summed E-state index contributed by atoms with van der Waals surface area (Å²) in [6.45, 7) is 0. The van der Waals surface area contributed by atoms with Gasteiger partial charge in [0.15, 0.2) is 34.2 Å². The summed E-state index contributed by atoms with van der Waals surface area (Å²) < 4.78 is 31.0. The van der Waals surface area contributed by atoms with Crippen LogP contribution < -0.4 is 0 Å². The molecule has 0 atom stereocenters. The van der Waals surface area contributed by atoms with E-state index in [4.69, 9.17) is 43.2 Å². The van der Waals surface area contributed by atoms with E-state index < -0.39 is 0 Å². The number of hydrogen-bond acceptors (Lipinski definition) is 9. The first-order chi connectivity index (χ1) is 72.4. The Morgan fingerprint density at radius 1 is 0.151 bits per heavy atom. The molecule has 146 heavy (non-hydrogen) atoms. The fourth-order valence-corrected chi connectivity index (χ4v) is 22.2. The second kappa shape index (κ2) is 34.0. The molecule has 682 valence electrons. The molecule has 11 heterocycles. The maximum Gasteiger partial charge on any atom is 0.180 e. The molecule has 0 amide bonds. The van der Waals surface area contributed by atoms with Crippen molar-refractivity contribution in [2.24, 2.45) is 0 Å². The molecule has 0 aliphatic rings. The Hall–Kier alpha value is -20.0. The molecule has 31 rings (SSSR count). The van der Waals surface area contributed by atoms with Crippen LogP contribution in [0.3, 0.4) is 0 Å². The van der Waals surface area contributed by atoms with Crippen LogP contribution in [0.2, 0.25) is 0 Å². The maximum atomic E-state index is 6.55. The van der Waals surface area contributed by atoms with E-state index in [1.807, 2.05) is 72.8 Å². The number of para-hydroxylation sites is 13. The van der Waals surface area contributed by atoms with Crippen molar-refractivity contribution in [2.75, 3.05) is 0 Å². The minimum Gasteiger partial charge on any atom is -0.452 e. The molecular formula is C132H81N11O3. The number of hydrogen-bond donors (Lipinski definition) is 0. The molecule has 11 aromatic heterocycles. The summed E-state index contributed by atoms with van der Waals surface area (Å²) in [6.07, 6.45) is 0. The van der Waals surface area contributed by atoms with Crippen LogP contribution in [0.1, 0.15) is 0 Å². The third kappa shape index (κ3) is 13.6. The largest absolute Gasteiger partial charge is 0.452 e. The molecule has 31 aromatic rings. The average Bonchev–Trinajstić information content (AvgIpc) is 1.53. The van der Waals surface area contributed by atoms with E-state index in [-0.39, 0.29) is 0 Å². The fraction of sp³-hybridized carbons (Fsp3) is 0. The minimum absolute atomic E-state index is 0.651. The van der Waals surface area contributed by atoms with Gasteiger partial charge in [-0.1, -0.05) is 328 Å². The number of aromatic nitrogens is 11. The fourth-order valence-electron chi connectivity index (χ4n) is 22.2. The summed E-state index contributed by atoms with van der Waals surface area (Å²) in [5.41, 5.74) is 34.4. The highest BCUT2D eigenvalue weighted by Gasteiger charge is 2.28. The van der Waals surface area contributed by atoms with Gasteiger partial charge in [-0.05, 0) is 175 Å². The van der Waals surface area contributed by atoms with Gasteiger partial charge in [-0.25, -0.2) is 29.9 Å². The Labute approximate surface area is 834 Å². The third-order valence-electron chi connectivity index (χ3n) is 28.7. The van der Waals surface area contributed by atoms with E-state index in [9.17, 15) is 0 Å². The molecule has 0 radical (unpaired) electrons. The molecule has 0 fully saturated rings. The van der Waals surface area contributed by atoms with E-state index >= 15 is 0 Å². The van der Waals surface area contributed by atoms with Crippen molar-refractivity contribution in [3.63, 3.8) is 0 Å². The van der Waals surface area contributed by atoms with E-state index in [1.54, 1.807) is 0 Å². The van der Waals surface area contributed by atoms with Crippen molar-refractivity contribution in [2.45, 2.75) is 0 Å². The predicted molar refractivity (Wildman–Crippen MR) is 598 cm³/mol. The van der Waals surface area contributed by atoms with Gasteiger partial charge in [0.2, 0.25) is 0 Å². The number of furan rings is 3. The molecule has 0 spiro atoms. The number of fused-ring (bicyclic) bond motifs is 24. The lowest BCUT2D eigenvalue weighted by Gasteiger charge is -2.11. The number of benzene rings is 20. The van der Waals surface area contributed by atoms with Crippen LogP contribution in [0.4, 0.5) is 0 Å². The molecule has 0 bridgehead atoms. The van der Waals surface area contributed by atoms with E-state index in [2.05, 4.69) is 441 Å². The van der Waals surface area contributed by atoms with E-state index in [0.29, 0.717) is 34.2 Å². The lowest BCUT2D eigenvalue weighted by Crippen LogP contribution is -1.97. The zero-order chi connectivity index (χ0) is 96.0. The first kappa shape index (κ1) is 83.0. The Morgan fingerprint density at radius 2 is 0.411 bits per heavy atom.